The summed E-state index contributed by atoms with van der Waals surface area (Å²) in [5.41, 5.74) is 6.84. The van der Waals surface area contributed by atoms with E-state index in [1.807, 2.05) is 24.3 Å². The Bertz CT molecular complexity index is 445. The van der Waals surface area contributed by atoms with Crippen LogP contribution in [0.15, 0.2) is 29.3 Å². The summed E-state index contributed by atoms with van der Waals surface area (Å²) < 4.78 is 5.11. The molecule has 0 fully saturated rings. The number of nitrogens with two attached hydrogens (primary N) is 1. The lowest BCUT2D eigenvalue weighted by Crippen LogP contribution is -2.29. The number of aliphatic hydroxyl groups is 1. The van der Waals surface area contributed by atoms with Crippen molar-refractivity contribution in [3.8, 4) is 5.75 Å². The molecule has 1 rings (SSSR count). The third-order valence-electron chi connectivity index (χ3n) is 4.09. The van der Waals surface area contributed by atoms with E-state index >= 15 is 0 Å². The molecule has 0 aliphatic heterocycles. The molecule has 0 saturated heterocycles. The van der Waals surface area contributed by atoms with Crippen LogP contribution in [0.2, 0.25) is 0 Å². The number of hydrogen-bond donors (Lipinski definition) is 3. The van der Waals surface area contributed by atoms with Crippen molar-refractivity contribution in [3.05, 3.63) is 24.3 Å². The fourth-order valence-corrected chi connectivity index (χ4v) is 2.26. The molecular formula is C16H28IN3O2. The van der Waals surface area contributed by atoms with E-state index in [2.05, 4.69) is 24.2 Å². The van der Waals surface area contributed by atoms with Gasteiger partial charge in [0.1, 0.15) is 5.75 Å². The summed E-state index contributed by atoms with van der Waals surface area (Å²) in [7, 11) is 1.63. The Balaban J connectivity index is 0.00000441. The van der Waals surface area contributed by atoms with Crippen molar-refractivity contribution >= 4 is 35.6 Å². The molecule has 1 aromatic rings. The minimum atomic E-state index is 0. The van der Waals surface area contributed by atoms with Crippen LogP contribution in [0.3, 0.4) is 0 Å². The van der Waals surface area contributed by atoms with Crippen molar-refractivity contribution in [3.63, 3.8) is 0 Å². The maximum atomic E-state index is 9.21. The van der Waals surface area contributed by atoms with E-state index in [0.717, 1.165) is 30.7 Å². The summed E-state index contributed by atoms with van der Waals surface area (Å²) in [6, 6.07) is 7.51. The first kappa shape index (κ1) is 21.0. The SMILES string of the molecule is CCC(CC)(CCO)CN=C(N)Nc1ccc(OC)cc1.I. The number of guanidine groups is 1. The molecule has 0 aromatic heterocycles. The smallest absolute Gasteiger partial charge is 0.193 e. The maximum Gasteiger partial charge on any atom is 0.193 e. The van der Waals surface area contributed by atoms with Gasteiger partial charge in [-0.1, -0.05) is 13.8 Å². The number of hydrogen-bond acceptors (Lipinski definition) is 3. The quantitative estimate of drug-likeness (QED) is 0.342. The van der Waals surface area contributed by atoms with Crippen LogP contribution in [0.4, 0.5) is 5.69 Å². The molecule has 0 heterocycles. The molecule has 5 nitrogen and oxygen atoms in total. The molecule has 0 bridgehead atoms. The first-order valence-electron chi connectivity index (χ1n) is 7.41. The van der Waals surface area contributed by atoms with E-state index in [-0.39, 0.29) is 36.0 Å². The summed E-state index contributed by atoms with van der Waals surface area (Å²) in [4.78, 5) is 4.44. The van der Waals surface area contributed by atoms with Crippen molar-refractivity contribution in [1.29, 1.82) is 0 Å². The van der Waals surface area contributed by atoms with Gasteiger partial charge in [-0.15, -0.1) is 24.0 Å². The monoisotopic (exact) mass is 421 g/mol. The number of aliphatic hydroxyl groups excluding tert-OH is 1. The Labute approximate surface area is 150 Å². The molecule has 126 valence electrons. The largest absolute Gasteiger partial charge is 0.497 e. The molecule has 6 heteroatoms. The highest BCUT2D eigenvalue weighted by Gasteiger charge is 2.25. The summed E-state index contributed by atoms with van der Waals surface area (Å²) in [5.74, 6) is 1.19. The molecule has 22 heavy (non-hydrogen) atoms. The van der Waals surface area contributed by atoms with Gasteiger partial charge in [0.15, 0.2) is 5.96 Å². The summed E-state index contributed by atoms with van der Waals surface area (Å²) in [6.07, 6.45) is 2.70. The van der Waals surface area contributed by atoms with Gasteiger partial charge in [-0.3, -0.25) is 4.99 Å². The van der Waals surface area contributed by atoms with Crippen LogP contribution >= 0.6 is 24.0 Å². The average Bonchev–Trinajstić information content (AvgIpc) is 2.52. The van der Waals surface area contributed by atoms with Crippen molar-refractivity contribution in [1.82, 2.24) is 0 Å². The summed E-state index contributed by atoms with van der Waals surface area (Å²) in [5, 5.41) is 12.3. The Morgan fingerprint density at radius 1 is 1.27 bits per heavy atom. The summed E-state index contributed by atoms with van der Waals surface area (Å²) in [6.45, 7) is 5.06. The van der Waals surface area contributed by atoms with Crippen LogP contribution in [0.1, 0.15) is 33.1 Å². The van der Waals surface area contributed by atoms with E-state index in [1.165, 1.54) is 0 Å². The normalized spacial score (nSPS) is 11.7. The van der Waals surface area contributed by atoms with Crippen LogP contribution in [0.25, 0.3) is 0 Å². The number of rotatable bonds is 8. The number of methoxy groups -OCH3 is 1. The Morgan fingerprint density at radius 2 is 1.86 bits per heavy atom. The second-order valence-corrected chi connectivity index (χ2v) is 5.24. The lowest BCUT2D eigenvalue weighted by Gasteiger charge is -2.29. The van der Waals surface area contributed by atoms with Crippen LogP contribution in [-0.2, 0) is 0 Å². The predicted octanol–water partition coefficient (Wildman–Crippen LogP) is 3.23. The second-order valence-electron chi connectivity index (χ2n) is 5.24. The van der Waals surface area contributed by atoms with Gasteiger partial charge in [0, 0.05) is 18.8 Å². The van der Waals surface area contributed by atoms with Gasteiger partial charge >= 0.3 is 0 Å². The summed E-state index contributed by atoms with van der Waals surface area (Å²) >= 11 is 0. The Morgan fingerprint density at radius 3 is 2.32 bits per heavy atom. The fraction of sp³-hybridized carbons (Fsp3) is 0.562. The number of halogens is 1. The lowest BCUT2D eigenvalue weighted by atomic mass is 9.79. The molecule has 1 aromatic carbocycles. The van der Waals surface area contributed by atoms with Gasteiger partial charge in [-0.05, 0) is 48.9 Å². The molecular weight excluding hydrogens is 393 g/mol. The molecule has 0 unspecified atom stereocenters. The number of ether oxygens (including phenoxy) is 1. The highest BCUT2D eigenvalue weighted by molar-refractivity contribution is 14.0. The van der Waals surface area contributed by atoms with Crippen molar-refractivity contribution in [2.45, 2.75) is 33.1 Å². The van der Waals surface area contributed by atoms with Gasteiger partial charge in [0.05, 0.1) is 7.11 Å². The first-order chi connectivity index (χ1) is 10.1. The highest BCUT2D eigenvalue weighted by atomic mass is 127. The van der Waals surface area contributed by atoms with E-state index in [4.69, 9.17) is 10.5 Å². The van der Waals surface area contributed by atoms with Crippen LogP contribution in [-0.4, -0.2) is 31.3 Å². The van der Waals surface area contributed by atoms with E-state index in [0.29, 0.717) is 12.5 Å². The van der Waals surface area contributed by atoms with Crippen LogP contribution < -0.4 is 15.8 Å². The molecule has 4 N–H and O–H groups in total. The highest BCUT2D eigenvalue weighted by Crippen LogP contribution is 2.30. The third kappa shape index (κ3) is 6.39. The molecule has 0 saturated carbocycles. The Hall–Kier alpha value is -1.02. The molecule has 0 spiro atoms. The van der Waals surface area contributed by atoms with Crippen LogP contribution in [0.5, 0.6) is 5.75 Å². The molecule has 0 amide bonds. The Kier molecular flexibility index (Phi) is 10.2. The second kappa shape index (κ2) is 10.7. The first-order valence-corrected chi connectivity index (χ1v) is 7.41. The molecule has 0 atom stereocenters. The number of aliphatic imine (C=N–C) groups is 1. The standard InChI is InChI=1S/C16H27N3O2.HI/c1-4-16(5-2,10-11-20)12-18-15(17)19-13-6-8-14(21-3)9-7-13;/h6-9,20H,4-5,10-12H2,1-3H3,(H3,17,18,19);1H. The zero-order valence-electron chi connectivity index (χ0n) is 13.6. The zero-order valence-corrected chi connectivity index (χ0v) is 16.0. The van der Waals surface area contributed by atoms with Gasteiger partial charge < -0.3 is 20.9 Å². The minimum absolute atomic E-state index is 0. The molecule has 0 aliphatic carbocycles. The van der Waals surface area contributed by atoms with Gasteiger partial charge in [0.2, 0.25) is 0 Å². The predicted molar refractivity (Wildman–Crippen MR) is 103 cm³/mol. The van der Waals surface area contributed by atoms with Crippen LogP contribution in [0, 0.1) is 5.41 Å². The minimum Gasteiger partial charge on any atom is -0.497 e. The van der Waals surface area contributed by atoms with Crippen molar-refractivity contribution < 1.29 is 9.84 Å². The molecule has 0 radical (unpaired) electrons. The zero-order chi connectivity index (χ0) is 15.7. The maximum absolute atomic E-state index is 9.21. The number of nitrogens with zero attached hydrogens (tertiary/aromatic N) is 1. The molecule has 0 aliphatic rings. The average molecular weight is 421 g/mol. The van der Waals surface area contributed by atoms with Crippen molar-refractivity contribution in [2.24, 2.45) is 16.1 Å². The number of nitrogens with one attached hydrogen (secondary N) is 1. The third-order valence-corrected chi connectivity index (χ3v) is 4.09. The lowest BCUT2D eigenvalue weighted by molar-refractivity contribution is 0.175. The van der Waals surface area contributed by atoms with Crippen molar-refractivity contribution in [2.75, 3.05) is 25.6 Å². The van der Waals surface area contributed by atoms with E-state index in [9.17, 15) is 5.11 Å². The van der Waals surface area contributed by atoms with Gasteiger partial charge in [-0.2, -0.15) is 0 Å². The van der Waals surface area contributed by atoms with E-state index in [1.54, 1.807) is 7.11 Å². The van der Waals surface area contributed by atoms with Gasteiger partial charge in [-0.25, -0.2) is 0 Å². The fourth-order valence-electron chi connectivity index (χ4n) is 2.26. The number of benzene rings is 1. The topological polar surface area (TPSA) is 79.9 Å². The van der Waals surface area contributed by atoms with Gasteiger partial charge in [0.25, 0.3) is 0 Å². The number of anilines is 1. The van der Waals surface area contributed by atoms with E-state index < -0.39 is 0 Å².